The highest BCUT2D eigenvalue weighted by Gasteiger charge is 2.33. The third-order valence-electron chi connectivity index (χ3n) is 3.54. The second-order valence-electron chi connectivity index (χ2n) is 5.01. The first-order valence-corrected chi connectivity index (χ1v) is 7.30. The van der Waals surface area contributed by atoms with Gasteiger partial charge in [-0.05, 0) is 38.6 Å². The van der Waals surface area contributed by atoms with Crippen molar-refractivity contribution >= 4 is 27.5 Å². The Kier molecular flexibility index (Phi) is 4.47. The molecule has 0 saturated carbocycles. The lowest BCUT2D eigenvalue weighted by Crippen LogP contribution is -2.62. The largest absolute Gasteiger partial charge is 0.354 e. The van der Waals surface area contributed by atoms with Crippen molar-refractivity contribution in [1.29, 1.82) is 0 Å². The van der Waals surface area contributed by atoms with Crippen molar-refractivity contribution in [2.75, 3.05) is 25.0 Å². The van der Waals surface area contributed by atoms with E-state index in [0.717, 1.165) is 10.2 Å². The summed E-state index contributed by atoms with van der Waals surface area (Å²) in [5.74, 6) is 0.0872. The highest BCUT2D eigenvalue weighted by molar-refractivity contribution is 9.10. The molecule has 2 atom stereocenters. The number of likely N-dealkylation sites (N-methyl/N-ethyl adjacent to an activating group) is 1. The molecule has 0 radical (unpaired) electrons. The molecular formula is C14H20BrN3O. The maximum atomic E-state index is 12.1. The fourth-order valence-corrected chi connectivity index (χ4v) is 2.83. The van der Waals surface area contributed by atoms with Gasteiger partial charge in [-0.15, -0.1) is 0 Å². The number of amides is 1. The number of piperazine rings is 1. The lowest BCUT2D eigenvalue weighted by Gasteiger charge is -2.41. The average molecular weight is 326 g/mol. The average Bonchev–Trinajstić information content (AvgIpc) is 2.38. The Hall–Kier alpha value is -1.07. The van der Waals surface area contributed by atoms with Gasteiger partial charge in [0.25, 0.3) is 0 Å². The van der Waals surface area contributed by atoms with Gasteiger partial charge in [-0.25, -0.2) is 0 Å². The minimum atomic E-state index is -0.164. The van der Waals surface area contributed by atoms with Gasteiger partial charge in [0.2, 0.25) is 5.91 Å². The molecule has 1 aromatic carbocycles. The molecule has 0 bridgehead atoms. The molecule has 1 heterocycles. The predicted molar refractivity (Wildman–Crippen MR) is 81.5 cm³/mol. The molecule has 5 heteroatoms. The molecular weight excluding hydrogens is 306 g/mol. The molecule has 2 N–H and O–H groups in total. The van der Waals surface area contributed by atoms with Crippen LogP contribution in [0.3, 0.4) is 0 Å². The van der Waals surface area contributed by atoms with Gasteiger partial charge in [-0.1, -0.05) is 22.0 Å². The number of carbonyl (C=O) groups excluding carboxylic acids is 1. The van der Waals surface area contributed by atoms with Crippen molar-refractivity contribution in [2.24, 2.45) is 0 Å². The van der Waals surface area contributed by atoms with Crippen LogP contribution in [-0.4, -0.2) is 38.1 Å². The summed E-state index contributed by atoms with van der Waals surface area (Å²) in [6.07, 6.45) is 0. The quantitative estimate of drug-likeness (QED) is 0.888. The van der Waals surface area contributed by atoms with Crippen molar-refractivity contribution in [1.82, 2.24) is 10.6 Å². The summed E-state index contributed by atoms with van der Waals surface area (Å²) in [6.45, 7) is 5.52. The lowest BCUT2D eigenvalue weighted by molar-refractivity contribution is -0.123. The Bertz CT molecular complexity index is 478. The summed E-state index contributed by atoms with van der Waals surface area (Å²) in [5, 5.41) is 6.06. The van der Waals surface area contributed by atoms with Crippen molar-refractivity contribution in [3.63, 3.8) is 0 Å². The number of aryl methyl sites for hydroxylation is 1. The Labute approximate surface area is 122 Å². The first kappa shape index (κ1) is 14.3. The van der Waals surface area contributed by atoms with Crippen LogP contribution in [0.5, 0.6) is 0 Å². The Morgan fingerprint density at radius 1 is 1.53 bits per heavy atom. The van der Waals surface area contributed by atoms with Crippen LogP contribution in [0, 0.1) is 6.92 Å². The van der Waals surface area contributed by atoms with Crippen LogP contribution in [0.25, 0.3) is 0 Å². The Morgan fingerprint density at radius 3 is 2.89 bits per heavy atom. The monoisotopic (exact) mass is 325 g/mol. The van der Waals surface area contributed by atoms with E-state index in [1.54, 1.807) is 0 Å². The van der Waals surface area contributed by atoms with E-state index in [2.05, 4.69) is 63.5 Å². The van der Waals surface area contributed by atoms with Gasteiger partial charge in [0, 0.05) is 29.3 Å². The molecule has 2 unspecified atom stereocenters. The number of nitrogens with zero attached hydrogens (tertiary/aromatic N) is 1. The normalized spacial score (nSPS) is 23.4. The minimum absolute atomic E-state index is 0.0872. The fourth-order valence-electron chi connectivity index (χ4n) is 2.46. The molecule has 19 heavy (non-hydrogen) atoms. The van der Waals surface area contributed by atoms with Gasteiger partial charge in [-0.3, -0.25) is 4.79 Å². The molecule has 0 spiro atoms. The first-order chi connectivity index (χ1) is 9.04. The number of anilines is 1. The van der Waals surface area contributed by atoms with Gasteiger partial charge in [0.15, 0.2) is 0 Å². The van der Waals surface area contributed by atoms with Crippen molar-refractivity contribution in [3.05, 3.63) is 28.2 Å². The van der Waals surface area contributed by atoms with E-state index < -0.39 is 0 Å². The van der Waals surface area contributed by atoms with Crippen molar-refractivity contribution in [2.45, 2.75) is 25.9 Å². The minimum Gasteiger partial charge on any atom is -0.354 e. The SMILES string of the molecule is CNCC1C(=O)NCC(C)N1c1ccc(C)c(Br)c1. The zero-order valence-electron chi connectivity index (χ0n) is 11.5. The molecule has 1 aliphatic rings. The molecule has 4 nitrogen and oxygen atoms in total. The van der Waals surface area contributed by atoms with E-state index in [0.29, 0.717) is 13.1 Å². The van der Waals surface area contributed by atoms with Gasteiger partial charge >= 0.3 is 0 Å². The smallest absolute Gasteiger partial charge is 0.244 e. The molecule has 1 aliphatic heterocycles. The molecule has 0 aliphatic carbocycles. The molecule has 104 valence electrons. The van der Waals surface area contributed by atoms with E-state index in [-0.39, 0.29) is 18.0 Å². The number of benzene rings is 1. The Morgan fingerprint density at radius 2 is 2.26 bits per heavy atom. The van der Waals surface area contributed by atoms with Crippen LogP contribution in [0.15, 0.2) is 22.7 Å². The number of nitrogens with one attached hydrogen (secondary N) is 2. The number of carbonyl (C=O) groups is 1. The predicted octanol–water partition coefficient (Wildman–Crippen LogP) is 1.67. The van der Waals surface area contributed by atoms with Crippen LogP contribution in [0.2, 0.25) is 0 Å². The summed E-state index contributed by atoms with van der Waals surface area (Å²) in [6, 6.07) is 6.37. The molecule has 1 amide bonds. The second kappa shape index (κ2) is 5.92. The van der Waals surface area contributed by atoms with Crippen molar-refractivity contribution in [3.8, 4) is 0 Å². The lowest BCUT2D eigenvalue weighted by atomic mass is 10.1. The number of halogens is 1. The van der Waals surface area contributed by atoms with Gasteiger partial charge in [0.05, 0.1) is 0 Å². The zero-order valence-corrected chi connectivity index (χ0v) is 13.1. The van der Waals surface area contributed by atoms with Crippen LogP contribution in [0.1, 0.15) is 12.5 Å². The molecule has 0 aromatic heterocycles. The number of hydrogen-bond acceptors (Lipinski definition) is 3. The van der Waals surface area contributed by atoms with E-state index in [9.17, 15) is 4.79 Å². The zero-order chi connectivity index (χ0) is 14.0. The molecule has 1 aromatic rings. The standard InChI is InChI=1S/C14H20BrN3O/c1-9-4-5-11(6-12(9)15)18-10(2)7-17-14(19)13(18)8-16-3/h4-6,10,13,16H,7-8H2,1-3H3,(H,17,19). The van der Waals surface area contributed by atoms with Crippen LogP contribution < -0.4 is 15.5 Å². The van der Waals surface area contributed by atoms with Gasteiger partial charge in [0.1, 0.15) is 6.04 Å². The van der Waals surface area contributed by atoms with E-state index >= 15 is 0 Å². The van der Waals surface area contributed by atoms with E-state index in [1.165, 1.54) is 5.56 Å². The fraction of sp³-hybridized carbons (Fsp3) is 0.500. The van der Waals surface area contributed by atoms with Crippen LogP contribution in [-0.2, 0) is 4.79 Å². The maximum absolute atomic E-state index is 12.1. The van der Waals surface area contributed by atoms with Gasteiger partial charge < -0.3 is 15.5 Å². The summed E-state index contributed by atoms with van der Waals surface area (Å²) < 4.78 is 1.08. The van der Waals surface area contributed by atoms with Crippen LogP contribution in [0.4, 0.5) is 5.69 Å². The maximum Gasteiger partial charge on any atom is 0.244 e. The van der Waals surface area contributed by atoms with Crippen LogP contribution >= 0.6 is 15.9 Å². The summed E-state index contributed by atoms with van der Waals surface area (Å²) in [7, 11) is 1.87. The topological polar surface area (TPSA) is 44.4 Å². The first-order valence-electron chi connectivity index (χ1n) is 6.51. The summed E-state index contributed by atoms with van der Waals surface area (Å²) >= 11 is 3.56. The highest BCUT2D eigenvalue weighted by Crippen LogP contribution is 2.27. The Balaban J connectivity index is 2.36. The van der Waals surface area contributed by atoms with E-state index in [1.807, 2.05) is 7.05 Å². The number of hydrogen-bond donors (Lipinski definition) is 2. The highest BCUT2D eigenvalue weighted by atomic mass is 79.9. The summed E-state index contributed by atoms with van der Waals surface area (Å²) in [4.78, 5) is 14.3. The van der Waals surface area contributed by atoms with Crippen molar-refractivity contribution < 1.29 is 4.79 Å². The van der Waals surface area contributed by atoms with E-state index in [4.69, 9.17) is 0 Å². The molecule has 2 rings (SSSR count). The number of rotatable bonds is 3. The third-order valence-corrected chi connectivity index (χ3v) is 4.39. The second-order valence-corrected chi connectivity index (χ2v) is 5.86. The molecule has 1 saturated heterocycles. The molecule has 1 fully saturated rings. The summed E-state index contributed by atoms with van der Waals surface area (Å²) in [5.41, 5.74) is 2.28. The third kappa shape index (κ3) is 2.92. The van der Waals surface area contributed by atoms with Gasteiger partial charge in [-0.2, -0.15) is 0 Å².